The monoisotopic (exact) mass is 338 g/mol. The molecule has 25 heavy (non-hydrogen) atoms. The largest absolute Gasteiger partial charge is 0.324 e. The molecule has 1 unspecified atom stereocenters. The molecule has 0 spiro atoms. The summed E-state index contributed by atoms with van der Waals surface area (Å²) in [6.07, 6.45) is 0. The molecule has 0 heterocycles. The van der Waals surface area contributed by atoms with E-state index in [4.69, 9.17) is 0 Å². The minimum atomic E-state index is -0.254. The van der Waals surface area contributed by atoms with Gasteiger partial charge in [-0.3, -0.25) is 14.5 Å². The fraction of sp³-hybridized carbons (Fsp3) is 0.333. The Morgan fingerprint density at radius 1 is 1.04 bits per heavy atom. The van der Waals surface area contributed by atoms with Crippen LogP contribution in [0, 0.1) is 6.92 Å². The van der Waals surface area contributed by atoms with Crippen LogP contribution in [0.15, 0.2) is 48.5 Å². The highest BCUT2D eigenvalue weighted by atomic mass is 16.2. The number of likely N-dealkylation sites (N-methyl/N-ethyl adjacent to an activating group) is 1. The van der Waals surface area contributed by atoms with Gasteiger partial charge in [0.1, 0.15) is 0 Å². The van der Waals surface area contributed by atoms with Gasteiger partial charge in [0.2, 0.25) is 5.91 Å². The molecule has 0 fully saturated rings. The smallest absolute Gasteiger partial charge is 0.241 e. The first-order valence-electron chi connectivity index (χ1n) is 8.73. The number of nitrogens with one attached hydrogen (secondary N) is 1. The van der Waals surface area contributed by atoms with Gasteiger partial charge in [0.15, 0.2) is 5.78 Å². The summed E-state index contributed by atoms with van der Waals surface area (Å²) in [5, 5.41) is 2.94. The fourth-order valence-electron chi connectivity index (χ4n) is 2.87. The number of anilines is 1. The molecule has 0 saturated carbocycles. The van der Waals surface area contributed by atoms with E-state index in [0.29, 0.717) is 16.8 Å². The number of amides is 1. The van der Waals surface area contributed by atoms with E-state index in [0.717, 1.165) is 18.7 Å². The van der Waals surface area contributed by atoms with Gasteiger partial charge in [-0.15, -0.1) is 0 Å². The molecule has 1 atom stereocenters. The van der Waals surface area contributed by atoms with Crippen LogP contribution in [-0.4, -0.2) is 35.7 Å². The van der Waals surface area contributed by atoms with E-state index in [-0.39, 0.29) is 17.7 Å². The Kier molecular flexibility index (Phi) is 6.48. The zero-order valence-corrected chi connectivity index (χ0v) is 15.4. The summed E-state index contributed by atoms with van der Waals surface area (Å²) in [4.78, 5) is 27.5. The van der Waals surface area contributed by atoms with Crippen LogP contribution in [0.1, 0.15) is 42.3 Å². The molecule has 4 nitrogen and oxygen atoms in total. The summed E-state index contributed by atoms with van der Waals surface area (Å²) < 4.78 is 0. The molecule has 1 N–H and O–H groups in total. The number of rotatable bonds is 7. The Balaban J connectivity index is 2.30. The van der Waals surface area contributed by atoms with Gasteiger partial charge in [0.25, 0.3) is 0 Å². The van der Waals surface area contributed by atoms with Gasteiger partial charge >= 0.3 is 0 Å². The second-order valence-electron chi connectivity index (χ2n) is 6.13. The normalized spacial score (nSPS) is 12.0. The molecule has 0 aliphatic heterocycles. The highest BCUT2D eigenvalue weighted by Gasteiger charge is 2.21. The van der Waals surface area contributed by atoms with Crippen LogP contribution in [0.2, 0.25) is 0 Å². The number of hydrogen-bond acceptors (Lipinski definition) is 3. The summed E-state index contributed by atoms with van der Waals surface area (Å²) in [6, 6.07) is 14.4. The average Bonchev–Trinajstić information content (AvgIpc) is 2.64. The second-order valence-corrected chi connectivity index (χ2v) is 6.13. The standard InChI is InChI=1S/C21H26N2O2/c1-5-23(6-2)16(4)21(25)22-19-13-12-15(3)14-18(19)20(24)17-10-8-7-9-11-17/h7-14,16H,5-6H2,1-4H3,(H,22,25). The van der Waals surface area contributed by atoms with Crippen molar-refractivity contribution >= 4 is 17.4 Å². The Hall–Kier alpha value is -2.46. The van der Waals surface area contributed by atoms with Crippen LogP contribution in [-0.2, 0) is 4.79 Å². The van der Waals surface area contributed by atoms with Gasteiger partial charge < -0.3 is 5.32 Å². The fourth-order valence-corrected chi connectivity index (χ4v) is 2.87. The second kappa shape index (κ2) is 8.58. The van der Waals surface area contributed by atoms with E-state index in [1.807, 2.05) is 58.0 Å². The number of aryl methyl sites for hydroxylation is 1. The Morgan fingerprint density at radius 2 is 1.68 bits per heavy atom. The number of carbonyl (C=O) groups is 2. The maximum absolute atomic E-state index is 12.9. The zero-order valence-electron chi connectivity index (χ0n) is 15.4. The van der Waals surface area contributed by atoms with E-state index < -0.39 is 0 Å². The van der Waals surface area contributed by atoms with E-state index in [2.05, 4.69) is 10.2 Å². The third-order valence-corrected chi connectivity index (χ3v) is 4.45. The molecule has 0 bridgehead atoms. The van der Waals surface area contributed by atoms with E-state index in [1.54, 1.807) is 18.2 Å². The Morgan fingerprint density at radius 3 is 2.28 bits per heavy atom. The van der Waals surface area contributed by atoms with Crippen LogP contribution >= 0.6 is 0 Å². The lowest BCUT2D eigenvalue weighted by Crippen LogP contribution is -2.42. The Bertz CT molecular complexity index is 737. The molecule has 0 aromatic heterocycles. The summed E-state index contributed by atoms with van der Waals surface area (Å²) in [5.41, 5.74) is 2.67. The summed E-state index contributed by atoms with van der Waals surface area (Å²) >= 11 is 0. The zero-order chi connectivity index (χ0) is 18.4. The van der Waals surface area contributed by atoms with Crippen molar-refractivity contribution in [2.75, 3.05) is 18.4 Å². The van der Waals surface area contributed by atoms with Crippen molar-refractivity contribution in [2.45, 2.75) is 33.7 Å². The van der Waals surface area contributed by atoms with Gasteiger partial charge in [0, 0.05) is 11.1 Å². The molecule has 4 heteroatoms. The van der Waals surface area contributed by atoms with Crippen LogP contribution in [0.4, 0.5) is 5.69 Å². The first kappa shape index (κ1) is 18.9. The predicted octanol–water partition coefficient (Wildman–Crippen LogP) is 3.89. The first-order valence-corrected chi connectivity index (χ1v) is 8.73. The first-order chi connectivity index (χ1) is 12.0. The molecule has 2 rings (SSSR count). The van der Waals surface area contributed by atoms with Gasteiger partial charge in [-0.1, -0.05) is 55.8 Å². The van der Waals surface area contributed by atoms with Crippen molar-refractivity contribution < 1.29 is 9.59 Å². The molecule has 2 aromatic carbocycles. The van der Waals surface area contributed by atoms with Gasteiger partial charge in [0.05, 0.1) is 11.7 Å². The van der Waals surface area contributed by atoms with Crippen molar-refractivity contribution in [3.8, 4) is 0 Å². The van der Waals surface area contributed by atoms with Crippen molar-refractivity contribution in [2.24, 2.45) is 0 Å². The molecule has 0 aliphatic carbocycles. The maximum atomic E-state index is 12.9. The lowest BCUT2D eigenvalue weighted by atomic mass is 9.99. The van der Waals surface area contributed by atoms with Crippen LogP contribution in [0.25, 0.3) is 0 Å². The average molecular weight is 338 g/mol. The van der Waals surface area contributed by atoms with E-state index in [1.165, 1.54) is 0 Å². The minimum Gasteiger partial charge on any atom is -0.324 e. The maximum Gasteiger partial charge on any atom is 0.241 e. The van der Waals surface area contributed by atoms with Crippen molar-refractivity contribution in [1.29, 1.82) is 0 Å². The topological polar surface area (TPSA) is 49.4 Å². The van der Waals surface area contributed by atoms with E-state index in [9.17, 15) is 9.59 Å². The van der Waals surface area contributed by atoms with Crippen LogP contribution in [0.3, 0.4) is 0 Å². The molecule has 0 saturated heterocycles. The highest BCUT2D eigenvalue weighted by Crippen LogP contribution is 2.22. The SMILES string of the molecule is CCN(CC)C(C)C(=O)Nc1ccc(C)cc1C(=O)c1ccccc1. The number of benzene rings is 2. The number of nitrogens with zero attached hydrogens (tertiary/aromatic N) is 1. The van der Waals surface area contributed by atoms with Gasteiger partial charge in [-0.2, -0.15) is 0 Å². The van der Waals surface area contributed by atoms with Crippen molar-refractivity contribution in [3.63, 3.8) is 0 Å². The minimum absolute atomic E-state index is 0.0879. The third-order valence-electron chi connectivity index (χ3n) is 4.45. The summed E-state index contributed by atoms with van der Waals surface area (Å²) in [5.74, 6) is -0.190. The van der Waals surface area contributed by atoms with Crippen molar-refractivity contribution in [3.05, 3.63) is 65.2 Å². The lowest BCUT2D eigenvalue weighted by Gasteiger charge is -2.25. The van der Waals surface area contributed by atoms with E-state index >= 15 is 0 Å². The lowest BCUT2D eigenvalue weighted by molar-refractivity contribution is -0.120. The van der Waals surface area contributed by atoms with Crippen LogP contribution in [0.5, 0.6) is 0 Å². The molecule has 132 valence electrons. The van der Waals surface area contributed by atoms with Gasteiger partial charge in [-0.05, 0) is 39.1 Å². The van der Waals surface area contributed by atoms with Gasteiger partial charge in [-0.25, -0.2) is 0 Å². The molecule has 1 amide bonds. The van der Waals surface area contributed by atoms with Crippen LogP contribution < -0.4 is 5.32 Å². The summed E-state index contributed by atoms with van der Waals surface area (Å²) in [7, 11) is 0. The molecular formula is C21H26N2O2. The highest BCUT2D eigenvalue weighted by molar-refractivity contribution is 6.14. The summed E-state index contributed by atoms with van der Waals surface area (Å²) in [6.45, 7) is 9.48. The predicted molar refractivity (Wildman–Crippen MR) is 102 cm³/mol. The molecule has 0 aliphatic rings. The third kappa shape index (κ3) is 4.54. The molecule has 2 aromatic rings. The molecular weight excluding hydrogens is 312 g/mol. The quantitative estimate of drug-likeness (QED) is 0.779. The Labute approximate surface area is 149 Å². The number of ketones is 1. The number of hydrogen-bond donors (Lipinski definition) is 1. The number of carbonyl (C=O) groups excluding carboxylic acids is 2. The van der Waals surface area contributed by atoms with Crippen molar-refractivity contribution in [1.82, 2.24) is 4.90 Å². The molecule has 0 radical (unpaired) electrons.